The Kier molecular flexibility index (Phi) is 5.11. The van der Waals surface area contributed by atoms with Gasteiger partial charge in [-0.05, 0) is 44.6 Å². The number of rotatable bonds is 3. The molecule has 2 aliphatic rings. The molecule has 7 heteroatoms. The summed E-state index contributed by atoms with van der Waals surface area (Å²) in [5.41, 5.74) is 0.666. The number of carbonyl (C=O) groups is 1. The first-order valence-electron chi connectivity index (χ1n) is 9.73. The third-order valence-electron chi connectivity index (χ3n) is 5.73. The zero-order valence-electron chi connectivity index (χ0n) is 16.1. The molecule has 1 atom stereocenters. The molecular weight excluding hydrogens is 342 g/mol. The van der Waals surface area contributed by atoms with E-state index in [0.717, 1.165) is 37.6 Å². The highest BCUT2D eigenvalue weighted by Gasteiger charge is 2.29. The van der Waals surface area contributed by atoms with E-state index in [1.54, 1.807) is 13.2 Å². The van der Waals surface area contributed by atoms with Crippen molar-refractivity contribution < 1.29 is 9.53 Å². The number of nitrogens with zero attached hydrogens (tertiary/aromatic N) is 5. The molecule has 144 valence electrons. The second kappa shape index (κ2) is 7.68. The van der Waals surface area contributed by atoms with Crippen LogP contribution in [0.3, 0.4) is 0 Å². The maximum atomic E-state index is 12.9. The molecule has 0 saturated carbocycles. The molecule has 27 heavy (non-hydrogen) atoms. The van der Waals surface area contributed by atoms with Crippen molar-refractivity contribution in [1.29, 1.82) is 0 Å². The number of benzene rings is 1. The summed E-state index contributed by atoms with van der Waals surface area (Å²) < 4.78 is 7.49. The van der Waals surface area contributed by atoms with Crippen molar-refractivity contribution in [1.82, 2.24) is 24.6 Å². The van der Waals surface area contributed by atoms with Crippen LogP contribution in [0.1, 0.15) is 47.3 Å². The smallest absolute Gasteiger partial charge is 0.254 e. The Labute approximate surface area is 159 Å². The minimum atomic E-state index is 0.0453. The number of carbonyl (C=O) groups excluding carboxylic acids is 1. The molecule has 4 rings (SSSR count). The Bertz CT molecular complexity index is 818. The fraction of sp³-hybridized carbons (Fsp3) is 0.550. The predicted molar refractivity (Wildman–Crippen MR) is 102 cm³/mol. The van der Waals surface area contributed by atoms with E-state index in [1.807, 2.05) is 23.1 Å². The highest BCUT2D eigenvalue weighted by atomic mass is 16.5. The Morgan fingerprint density at radius 3 is 2.85 bits per heavy atom. The van der Waals surface area contributed by atoms with Gasteiger partial charge in [0.2, 0.25) is 0 Å². The number of hydrogen-bond acceptors (Lipinski definition) is 5. The molecule has 0 spiro atoms. The standard InChI is InChI=1S/C20H27N5O2/c1-23-10-4-3-8-17(23)19-22-21-18-9-11-24(12-13-25(18)19)20(26)15-6-5-7-16(14-15)27-2/h5-7,14,17H,3-4,8-13H2,1-2H3/t17-/m1/s1. The van der Waals surface area contributed by atoms with Gasteiger partial charge in [0.25, 0.3) is 5.91 Å². The lowest BCUT2D eigenvalue weighted by Crippen LogP contribution is -2.34. The molecule has 1 saturated heterocycles. The fourth-order valence-corrected chi connectivity index (χ4v) is 4.13. The third kappa shape index (κ3) is 3.56. The van der Waals surface area contributed by atoms with Crippen molar-refractivity contribution in [3.63, 3.8) is 0 Å². The lowest BCUT2D eigenvalue weighted by atomic mass is 10.0. The van der Waals surface area contributed by atoms with Crippen molar-refractivity contribution in [2.45, 2.75) is 38.3 Å². The van der Waals surface area contributed by atoms with Crippen LogP contribution in [0.5, 0.6) is 5.75 Å². The zero-order valence-corrected chi connectivity index (χ0v) is 16.1. The van der Waals surface area contributed by atoms with E-state index in [9.17, 15) is 4.79 Å². The molecule has 2 aliphatic heterocycles. The van der Waals surface area contributed by atoms with Crippen molar-refractivity contribution in [2.75, 3.05) is 33.8 Å². The van der Waals surface area contributed by atoms with Crippen LogP contribution >= 0.6 is 0 Å². The number of amides is 1. The second-order valence-electron chi connectivity index (χ2n) is 7.39. The van der Waals surface area contributed by atoms with E-state index in [-0.39, 0.29) is 5.91 Å². The summed E-state index contributed by atoms with van der Waals surface area (Å²) in [7, 11) is 3.78. The molecule has 1 aromatic heterocycles. The lowest BCUT2D eigenvalue weighted by molar-refractivity contribution is 0.0757. The summed E-state index contributed by atoms with van der Waals surface area (Å²) >= 11 is 0. The number of likely N-dealkylation sites (tertiary alicyclic amines) is 1. The maximum absolute atomic E-state index is 12.9. The molecule has 1 aromatic carbocycles. The summed E-state index contributed by atoms with van der Waals surface area (Å²) in [6.45, 7) is 3.18. The quantitative estimate of drug-likeness (QED) is 0.829. The lowest BCUT2D eigenvalue weighted by Gasteiger charge is -2.32. The van der Waals surface area contributed by atoms with Gasteiger partial charge >= 0.3 is 0 Å². The highest BCUT2D eigenvalue weighted by Crippen LogP contribution is 2.29. The van der Waals surface area contributed by atoms with Crippen molar-refractivity contribution in [2.24, 2.45) is 0 Å². The van der Waals surface area contributed by atoms with Gasteiger partial charge in [-0.2, -0.15) is 0 Å². The van der Waals surface area contributed by atoms with Crippen molar-refractivity contribution >= 4 is 5.91 Å². The number of hydrogen-bond donors (Lipinski definition) is 0. The van der Waals surface area contributed by atoms with Gasteiger partial charge in [0.1, 0.15) is 17.4 Å². The van der Waals surface area contributed by atoms with Crippen LogP contribution in [0.15, 0.2) is 24.3 Å². The second-order valence-corrected chi connectivity index (χ2v) is 7.39. The van der Waals surface area contributed by atoms with Gasteiger partial charge in [0.05, 0.1) is 13.2 Å². The largest absolute Gasteiger partial charge is 0.497 e. The van der Waals surface area contributed by atoms with Gasteiger partial charge in [-0.15, -0.1) is 10.2 Å². The van der Waals surface area contributed by atoms with Gasteiger partial charge in [0.15, 0.2) is 0 Å². The van der Waals surface area contributed by atoms with Gasteiger partial charge in [-0.3, -0.25) is 9.69 Å². The Hall–Kier alpha value is -2.41. The van der Waals surface area contributed by atoms with Crippen LogP contribution in [0.4, 0.5) is 0 Å². The molecule has 1 fully saturated rings. The van der Waals surface area contributed by atoms with Crippen LogP contribution in [0.25, 0.3) is 0 Å². The van der Waals surface area contributed by atoms with Gasteiger partial charge in [-0.1, -0.05) is 12.5 Å². The monoisotopic (exact) mass is 369 g/mol. The number of ether oxygens (including phenoxy) is 1. The maximum Gasteiger partial charge on any atom is 0.254 e. The first-order chi connectivity index (χ1) is 13.2. The van der Waals surface area contributed by atoms with Crippen LogP contribution in [-0.4, -0.2) is 64.3 Å². The highest BCUT2D eigenvalue weighted by molar-refractivity contribution is 5.94. The van der Waals surface area contributed by atoms with E-state index in [1.165, 1.54) is 12.8 Å². The first kappa shape index (κ1) is 18.0. The molecule has 0 bridgehead atoms. The van der Waals surface area contributed by atoms with Crippen molar-refractivity contribution in [3.8, 4) is 5.75 Å². The van der Waals surface area contributed by atoms with Crippen LogP contribution in [-0.2, 0) is 13.0 Å². The topological polar surface area (TPSA) is 63.5 Å². The van der Waals surface area contributed by atoms with Gasteiger partial charge < -0.3 is 14.2 Å². The minimum Gasteiger partial charge on any atom is -0.497 e. The Morgan fingerprint density at radius 1 is 1.15 bits per heavy atom. The summed E-state index contributed by atoms with van der Waals surface area (Å²) in [6, 6.07) is 7.69. The first-order valence-corrected chi connectivity index (χ1v) is 9.73. The Balaban J connectivity index is 1.51. The normalized spacial score (nSPS) is 20.8. The zero-order chi connectivity index (χ0) is 18.8. The van der Waals surface area contributed by atoms with Crippen molar-refractivity contribution in [3.05, 3.63) is 41.5 Å². The SMILES string of the molecule is COc1cccc(C(=O)N2CCc3nnc([C@H]4CCCCN4C)n3CC2)c1. The van der Waals surface area contributed by atoms with E-state index >= 15 is 0 Å². The molecule has 7 nitrogen and oxygen atoms in total. The molecular formula is C20H27N5O2. The molecule has 3 heterocycles. The fourth-order valence-electron chi connectivity index (χ4n) is 4.13. The average Bonchev–Trinajstić information content (AvgIpc) is 2.98. The van der Waals surface area contributed by atoms with Crippen LogP contribution in [0.2, 0.25) is 0 Å². The molecule has 1 amide bonds. The van der Waals surface area contributed by atoms with E-state index in [0.29, 0.717) is 30.4 Å². The van der Waals surface area contributed by atoms with E-state index in [2.05, 4.69) is 26.7 Å². The molecule has 2 aromatic rings. The predicted octanol–water partition coefficient (Wildman–Crippen LogP) is 2.14. The van der Waals surface area contributed by atoms with Crippen LogP contribution < -0.4 is 4.74 Å². The van der Waals surface area contributed by atoms with Crippen LogP contribution in [0, 0.1) is 0 Å². The number of fused-ring (bicyclic) bond motifs is 1. The summed E-state index contributed by atoms with van der Waals surface area (Å²) in [5.74, 6) is 2.80. The number of aromatic nitrogens is 3. The van der Waals surface area contributed by atoms with Gasteiger partial charge in [0, 0.05) is 31.6 Å². The number of piperidine rings is 1. The van der Waals surface area contributed by atoms with E-state index < -0.39 is 0 Å². The third-order valence-corrected chi connectivity index (χ3v) is 5.73. The molecule has 0 aliphatic carbocycles. The molecule has 0 unspecified atom stereocenters. The molecule has 0 N–H and O–H groups in total. The summed E-state index contributed by atoms with van der Waals surface area (Å²) in [4.78, 5) is 17.2. The summed E-state index contributed by atoms with van der Waals surface area (Å²) in [6.07, 6.45) is 4.34. The van der Waals surface area contributed by atoms with Gasteiger partial charge in [-0.25, -0.2) is 0 Å². The minimum absolute atomic E-state index is 0.0453. The van der Waals surface area contributed by atoms with E-state index in [4.69, 9.17) is 4.74 Å². The Morgan fingerprint density at radius 2 is 2.04 bits per heavy atom. The average molecular weight is 369 g/mol. The molecule has 0 radical (unpaired) electrons. The number of methoxy groups -OCH3 is 1. The summed E-state index contributed by atoms with van der Waals surface area (Å²) in [5, 5.41) is 8.96.